The molecule has 0 atom stereocenters. The van der Waals surface area contributed by atoms with Crippen molar-refractivity contribution in [1.82, 2.24) is 0 Å². The van der Waals surface area contributed by atoms with Gasteiger partial charge in [0.25, 0.3) is 5.91 Å². The van der Waals surface area contributed by atoms with Crippen molar-refractivity contribution in [2.24, 2.45) is 0 Å². The second kappa shape index (κ2) is 8.88. The average Bonchev–Trinajstić information content (AvgIpc) is 3.19. The molecule has 0 spiro atoms. The highest BCUT2D eigenvalue weighted by molar-refractivity contribution is 8.00. The van der Waals surface area contributed by atoms with Gasteiger partial charge in [-0.05, 0) is 60.7 Å². The maximum atomic E-state index is 12.2. The Morgan fingerprint density at radius 3 is 2.26 bits per heavy atom. The van der Waals surface area contributed by atoms with Crippen molar-refractivity contribution in [3.8, 4) is 0 Å². The van der Waals surface area contributed by atoms with Gasteiger partial charge < -0.3 is 10.6 Å². The van der Waals surface area contributed by atoms with Crippen molar-refractivity contribution < 1.29 is 9.59 Å². The van der Waals surface area contributed by atoms with Crippen LogP contribution in [0.4, 0.5) is 11.4 Å². The molecule has 0 aliphatic heterocycles. The van der Waals surface area contributed by atoms with Gasteiger partial charge in [0.1, 0.15) is 0 Å². The van der Waals surface area contributed by atoms with E-state index in [2.05, 4.69) is 10.6 Å². The summed E-state index contributed by atoms with van der Waals surface area (Å²) in [5.41, 5.74) is 3.73. The first-order chi connectivity index (χ1) is 13.0. The Balaban J connectivity index is 1.52. The van der Waals surface area contributed by atoms with Crippen molar-refractivity contribution in [1.29, 1.82) is 0 Å². The molecule has 27 heavy (non-hydrogen) atoms. The Morgan fingerprint density at radius 1 is 0.926 bits per heavy atom. The van der Waals surface area contributed by atoms with Crippen LogP contribution in [0.3, 0.4) is 0 Å². The third kappa shape index (κ3) is 5.21. The monoisotopic (exact) mass is 396 g/mol. The zero-order valence-corrected chi connectivity index (χ0v) is 16.7. The first-order valence-corrected chi connectivity index (χ1v) is 10.3. The predicted molar refractivity (Wildman–Crippen MR) is 114 cm³/mol. The highest BCUT2D eigenvalue weighted by atomic mass is 32.2. The number of nitrogens with one attached hydrogen (secondary N) is 2. The van der Waals surface area contributed by atoms with E-state index in [9.17, 15) is 9.59 Å². The minimum absolute atomic E-state index is 0.0347. The van der Waals surface area contributed by atoms with E-state index in [1.54, 1.807) is 6.07 Å². The van der Waals surface area contributed by atoms with Crippen molar-refractivity contribution >= 4 is 46.3 Å². The smallest absolute Gasteiger partial charge is 0.265 e. The molecule has 0 saturated heterocycles. The van der Waals surface area contributed by atoms with Crippen LogP contribution in [0.1, 0.15) is 20.8 Å². The van der Waals surface area contributed by atoms with Gasteiger partial charge in [-0.2, -0.15) is 0 Å². The summed E-state index contributed by atoms with van der Waals surface area (Å²) in [5, 5.41) is 7.72. The molecule has 0 radical (unpaired) electrons. The van der Waals surface area contributed by atoms with E-state index in [1.807, 2.05) is 67.8 Å². The number of thioether (sulfide) groups is 1. The van der Waals surface area contributed by atoms with Gasteiger partial charge in [0.2, 0.25) is 5.91 Å². The van der Waals surface area contributed by atoms with E-state index in [-0.39, 0.29) is 11.8 Å². The van der Waals surface area contributed by atoms with E-state index in [4.69, 9.17) is 0 Å². The van der Waals surface area contributed by atoms with E-state index >= 15 is 0 Å². The van der Waals surface area contributed by atoms with Crippen molar-refractivity contribution in [2.45, 2.75) is 18.7 Å². The minimum Gasteiger partial charge on any atom is -0.325 e. The lowest BCUT2D eigenvalue weighted by molar-refractivity contribution is -0.113. The molecular formula is C21H20N2O2S2. The van der Waals surface area contributed by atoms with Gasteiger partial charge in [-0.1, -0.05) is 24.3 Å². The molecule has 2 aromatic carbocycles. The number of hydrogen-bond acceptors (Lipinski definition) is 4. The molecule has 3 rings (SSSR count). The minimum atomic E-state index is -0.113. The Hall–Kier alpha value is -2.57. The molecule has 0 aliphatic rings. The van der Waals surface area contributed by atoms with Gasteiger partial charge in [0.05, 0.1) is 10.6 Å². The summed E-state index contributed by atoms with van der Waals surface area (Å²) in [6, 6.07) is 17.1. The standard InChI is InChI=1S/C21H20N2O2S2/c1-14-5-3-6-15(2)20(14)23-19(24)13-27-17-10-8-16(9-11-17)22-21(25)18-7-4-12-26-18/h3-12H,13H2,1-2H3,(H,22,25)(H,23,24). The normalized spacial score (nSPS) is 10.4. The van der Waals surface area contributed by atoms with Gasteiger partial charge in [-0.15, -0.1) is 23.1 Å². The molecule has 138 valence electrons. The molecule has 4 nitrogen and oxygen atoms in total. The Bertz CT molecular complexity index is 915. The fourth-order valence-corrected chi connectivity index (χ4v) is 3.89. The number of anilines is 2. The number of amides is 2. The highest BCUT2D eigenvalue weighted by Gasteiger charge is 2.09. The topological polar surface area (TPSA) is 58.2 Å². The predicted octanol–water partition coefficient (Wildman–Crippen LogP) is 5.35. The molecule has 6 heteroatoms. The van der Waals surface area contributed by atoms with Gasteiger partial charge in [0.15, 0.2) is 0 Å². The van der Waals surface area contributed by atoms with E-state index in [1.165, 1.54) is 23.1 Å². The van der Waals surface area contributed by atoms with Crippen LogP contribution in [0, 0.1) is 13.8 Å². The molecule has 0 bridgehead atoms. The molecule has 2 amide bonds. The maximum Gasteiger partial charge on any atom is 0.265 e. The second-order valence-electron chi connectivity index (χ2n) is 6.06. The van der Waals surface area contributed by atoms with Gasteiger partial charge >= 0.3 is 0 Å². The molecular weight excluding hydrogens is 376 g/mol. The fraction of sp³-hybridized carbons (Fsp3) is 0.143. The first-order valence-electron chi connectivity index (χ1n) is 8.47. The lowest BCUT2D eigenvalue weighted by Gasteiger charge is -2.11. The molecule has 0 fully saturated rings. The van der Waals surface area contributed by atoms with Crippen molar-refractivity contribution in [3.05, 3.63) is 76.0 Å². The molecule has 0 aliphatic carbocycles. The fourth-order valence-electron chi connectivity index (χ4n) is 2.57. The summed E-state index contributed by atoms with van der Waals surface area (Å²) in [7, 11) is 0. The summed E-state index contributed by atoms with van der Waals surface area (Å²) >= 11 is 2.87. The Kier molecular flexibility index (Phi) is 6.32. The van der Waals surface area contributed by atoms with Gasteiger partial charge in [-0.3, -0.25) is 9.59 Å². The lowest BCUT2D eigenvalue weighted by atomic mass is 10.1. The SMILES string of the molecule is Cc1cccc(C)c1NC(=O)CSc1ccc(NC(=O)c2cccs2)cc1. The van der Waals surface area contributed by atoms with Crippen LogP contribution in [0.15, 0.2) is 64.9 Å². The molecule has 3 aromatic rings. The number of thiophene rings is 1. The Labute approximate surface area is 167 Å². The number of carbonyl (C=O) groups excluding carboxylic acids is 2. The van der Waals surface area contributed by atoms with Crippen LogP contribution in [0.2, 0.25) is 0 Å². The molecule has 0 unspecified atom stereocenters. The van der Waals surface area contributed by atoms with Gasteiger partial charge in [0, 0.05) is 16.3 Å². The lowest BCUT2D eigenvalue weighted by Crippen LogP contribution is -2.15. The zero-order valence-electron chi connectivity index (χ0n) is 15.1. The van der Waals surface area contributed by atoms with Crippen LogP contribution >= 0.6 is 23.1 Å². The van der Waals surface area contributed by atoms with Crippen LogP contribution in [-0.4, -0.2) is 17.6 Å². The van der Waals surface area contributed by atoms with Crippen LogP contribution in [0.25, 0.3) is 0 Å². The first kappa shape index (κ1) is 19.2. The third-order valence-corrected chi connectivity index (χ3v) is 5.85. The quantitative estimate of drug-likeness (QED) is 0.552. The van der Waals surface area contributed by atoms with Crippen LogP contribution in [0.5, 0.6) is 0 Å². The molecule has 1 aromatic heterocycles. The number of carbonyl (C=O) groups is 2. The van der Waals surface area contributed by atoms with E-state index in [0.29, 0.717) is 10.6 Å². The number of aryl methyl sites for hydroxylation is 2. The summed E-state index contributed by atoms with van der Waals surface area (Å²) in [6.07, 6.45) is 0. The second-order valence-corrected chi connectivity index (χ2v) is 8.06. The third-order valence-electron chi connectivity index (χ3n) is 3.97. The van der Waals surface area contributed by atoms with Crippen LogP contribution in [-0.2, 0) is 4.79 Å². The summed E-state index contributed by atoms with van der Waals surface area (Å²) in [5.74, 6) is 0.181. The summed E-state index contributed by atoms with van der Waals surface area (Å²) in [4.78, 5) is 25.9. The maximum absolute atomic E-state index is 12.2. The largest absolute Gasteiger partial charge is 0.325 e. The summed E-state index contributed by atoms with van der Waals surface area (Å²) in [6.45, 7) is 3.97. The average molecular weight is 397 g/mol. The zero-order chi connectivity index (χ0) is 19.2. The molecule has 2 N–H and O–H groups in total. The summed E-state index contributed by atoms with van der Waals surface area (Å²) < 4.78 is 0. The van der Waals surface area contributed by atoms with E-state index in [0.717, 1.165) is 27.4 Å². The number of benzene rings is 2. The van der Waals surface area contributed by atoms with Crippen molar-refractivity contribution in [3.63, 3.8) is 0 Å². The Morgan fingerprint density at radius 2 is 1.63 bits per heavy atom. The van der Waals surface area contributed by atoms with Crippen molar-refractivity contribution in [2.75, 3.05) is 16.4 Å². The van der Waals surface area contributed by atoms with Crippen LogP contribution < -0.4 is 10.6 Å². The molecule has 0 saturated carbocycles. The molecule has 1 heterocycles. The number of hydrogen-bond donors (Lipinski definition) is 2. The van der Waals surface area contributed by atoms with Gasteiger partial charge in [-0.25, -0.2) is 0 Å². The highest BCUT2D eigenvalue weighted by Crippen LogP contribution is 2.23. The number of rotatable bonds is 6. The number of para-hydroxylation sites is 1. The van der Waals surface area contributed by atoms with E-state index < -0.39 is 0 Å².